The first-order valence-corrected chi connectivity index (χ1v) is 10.2. The molecule has 14 heavy (non-hydrogen) atoms. The molecule has 0 aromatic carbocycles. The molecule has 0 amide bonds. The smallest absolute Gasteiger partial charge is 0.191 e. The molecule has 2 N–H and O–H groups in total. The van der Waals surface area contributed by atoms with Crippen LogP contribution in [-0.2, 0) is 4.21 Å². The molecule has 2 aliphatic rings. The lowest BCUT2D eigenvalue weighted by Crippen LogP contribution is -2.36. The first-order valence-electron chi connectivity index (χ1n) is 5.56. The summed E-state index contributed by atoms with van der Waals surface area (Å²) in [4.78, 5) is 0. The summed E-state index contributed by atoms with van der Waals surface area (Å²) < 4.78 is 6.07. The molecule has 1 saturated carbocycles. The van der Waals surface area contributed by atoms with E-state index in [1.807, 2.05) is 0 Å². The zero-order valence-corrected chi connectivity index (χ0v) is 11.2. The Morgan fingerprint density at radius 1 is 1.07 bits per heavy atom. The second kappa shape index (κ2) is 4.18. The summed E-state index contributed by atoms with van der Waals surface area (Å²) in [5.74, 6) is 0. The third-order valence-corrected chi connectivity index (χ3v) is 6.75. The second-order valence-corrected chi connectivity index (χ2v) is 11.3. The maximum Gasteiger partial charge on any atom is 0.191 e. The largest absolute Gasteiger partial charge is 0.373 e. The van der Waals surface area contributed by atoms with E-state index in [1.165, 1.54) is 25.7 Å². The third-order valence-electron chi connectivity index (χ3n) is 2.70. The van der Waals surface area contributed by atoms with E-state index in [2.05, 4.69) is 29.8 Å². The van der Waals surface area contributed by atoms with Crippen LogP contribution in [0.1, 0.15) is 25.7 Å². The van der Waals surface area contributed by atoms with Crippen molar-refractivity contribution in [3.63, 3.8) is 0 Å². The fourth-order valence-electron chi connectivity index (χ4n) is 2.10. The molecule has 2 rings (SSSR count). The minimum atomic E-state index is -1.38. The number of hydrogen-bond donors (Lipinski definition) is 2. The molecule has 0 spiro atoms. The molecule has 3 nitrogen and oxygen atoms in total. The topological polar surface area (TPSA) is 33.3 Å². The maximum atomic E-state index is 6.07. The van der Waals surface area contributed by atoms with E-state index in [0.717, 1.165) is 0 Å². The summed E-state index contributed by atoms with van der Waals surface area (Å²) in [6.07, 6.45) is 5.41. The van der Waals surface area contributed by atoms with Gasteiger partial charge >= 0.3 is 0 Å². The Balaban J connectivity index is 1.87. The highest BCUT2D eigenvalue weighted by molar-refractivity contribution is 7.50. The zero-order chi connectivity index (χ0) is 10.2. The lowest BCUT2D eigenvalue weighted by atomic mass is 9.92. The van der Waals surface area contributed by atoms with Crippen LogP contribution in [0.4, 0.5) is 0 Å². The van der Waals surface area contributed by atoms with Gasteiger partial charge in [0.25, 0.3) is 0 Å². The number of hydrogen-bond acceptors (Lipinski definition) is 3. The molecule has 2 fully saturated rings. The standard InChI is InChI=1S/C9H21N2OPSi/c1-14(2,3)12-13-10-8-6-4-5-7-9(8)11-13/h8-11H,4-7H2,1-3H3. The summed E-state index contributed by atoms with van der Waals surface area (Å²) in [5, 5.41) is 7.23. The van der Waals surface area contributed by atoms with E-state index in [-0.39, 0.29) is 0 Å². The van der Waals surface area contributed by atoms with Crippen molar-refractivity contribution in [3.8, 4) is 0 Å². The van der Waals surface area contributed by atoms with Gasteiger partial charge in [-0.1, -0.05) is 12.8 Å². The molecule has 5 heteroatoms. The minimum Gasteiger partial charge on any atom is -0.373 e. The van der Waals surface area contributed by atoms with Crippen LogP contribution in [0.5, 0.6) is 0 Å². The van der Waals surface area contributed by atoms with Crippen molar-refractivity contribution in [1.29, 1.82) is 0 Å². The first kappa shape index (κ1) is 11.0. The normalized spacial score (nSPS) is 38.4. The first-order chi connectivity index (χ1) is 6.54. The molecule has 1 aliphatic carbocycles. The summed E-state index contributed by atoms with van der Waals surface area (Å²) in [6.45, 7) is 6.75. The number of fused-ring (bicyclic) bond motifs is 1. The van der Waals surface area contributed by atoms with Crippen LogP contribution in [0.3, 0.4) is 0 Å². The summed E-state index contributed by atoms with van der Waals surface area (Å²) >= 11 is 0. The van der Waals surface area contributed by atoms with Crippen LogP contribution in [0.2, 0.25) is 19.6 Å². The molecule has 0 aromatic heterocycles. The Morgan fingerprint density at radius 3 is 2.00 bits per heavy atom. The quantitative estimate of drug-likeness (QED) is 0.567. The fourth-order valence-corrected chi connectivity index (χ4v) is 6.01. The molecular formula is C9H21N2OPSi. The van der Waals surface area contributed by atoms with E-state index in [1.54, 1.807) is 0 Å². The molecule has 82 valence electrons. The molecule has 1 aliphatic heterocycles. The molecule has 2 atom stereocenters. The van der Waals surface area contributed by atoms with Gasteiger partial charge in [0.2, 0.25) is 0 Å². The molecule has 2 unspecified atom stereocenters. The van der Waals surface area contributed by atoms with Gasteiger partial charge in [0.15, 0.2) is 16.8 Å². The monoisotopic (exact) mass is 232 g/mol. The lowest BCUT2D eigenvalue weighted by molar-refractivity contribution is 0.374. The molecular weight excluding hydrogens is 211 g/mol. The highest BCUT2D eigenvalue weighted by Crippen LogP contribution is 2.41. The van der Waals surface area contributed by atoms with Gasteiger partial charge in [-0.15, -0.1) is 0 Å². The van der Waals surface area contributed by atoms with Crippen LogP contribution in [0.15, 0.2) is 0 Å². The number of rotatable bonds is 2. The minimum absolute atomic E-state index is 0.522. The third kappa shape index (κ3) is 2.77. The van der Waals surface area contributed by atoms with Crippen molar-refractivity contribution in [2.24, 2.45) is 0 Å². The average Bonchev–Trinajstić information content (AvgIpc) is 2.42. The summed E-state index contributed by atoms with van der Waals surface area (Å²) in [7, 11) is -1.90. The van der Waals surface area contributed by atoms with Crippen molar-refractivity contribution in [2.45, 2.75) is 57.4 Å². The van der Waals surface area contributed by atoms with Gasteiger partial charge in [-0.3, -0.25) is 10.2 Å². The highest BCUT2D eigenvalue weighted by atomic mass is 31.2. The number of nitrogens with one attached hydrogen (secondary N) is 2. The van der Waals surface area contributed by atoms with Gasteiger partial charge < -0.3 is 4.21 Å². The molecule has 1 saturated heterocycles. The SMILES string of the molecule is C[Si](C)(C)OP1NC2CCCCC2N1. The Hall–Kier alpha value is 0.527. The zero-order valence-electron chi connectivity index (χ0n) is 9.34. The molecule has 0 bridgehead atoms. The van der Waals surface area contributed by atoms with Crippen molar-refractivity contribution in [3.05, 3.63) is 0 Å². The van der Waals surface area contributed by atoms with Crippen LogP contribution in [0.25, 0.3) is 0 Å². The van der Waals surface area contributed by atoms with Crippen molar-refractivity contribution in [2.75, 3.05) is 0 Å². The van der Waals surface area contributed by atoms with E-state index >= 15 is 0 Å². The van der Waals surface area contributed by atoms with Gasteiger partial charge in [0.1, 0.15) is 0 Å². The molecule has 0 radical (unpaired) electrons. The second-order valence-electron chi connectivity index (χ2n) is 5.25. The van der Waals surface area contributed by atoms with Crippen LogP contribution in [0, 0.1) is 0 Å². The van der Waals surface area contributed by atoms with Gasteiger partial charge in [-0.05, 0) is 32.5 Å². The molecule has 1 heterocycles. The van der Waals surface area contributed by atoms with Crippen LogP contribution in [-0.4, -0.2) is 20.4 Å². The van der Waals surface area contributed by atoms with Crippen molar-refractivity contribution in [1.82, 2.24) is 10.2 Å². The van der Waals surface area contributed by atoms with Gasteiger partial charge in [0.05, 0.1) is 0 Å². The van der Waals surface area contributed by atoms with Crippen LogP contribution >= 0.6 is 8.45 Å². The highest BCUT2D eigenvalue weighted by Gasteiger charge is 2.37. The maximum absolute atomic E-state index is 6.07. The van der Waals surface area contributed by atoms with Gasteiger partial charge in [-0.25, -0.2) is 0 Å². The fraction of sp³-hybridized carbons (Fsp3) is 1.00. The van der Waals surface area contributed by atoms with Gasteiger partial charge in [0, 0.05) is 12.1 Å². The van der Waals surface area contributed by atoms with Gasteiger partial charge in [-0.2, -0.15) is 0 Å². The Labute approximate surface area is 89.1 Å². The van der Waals surface area contributed by atoms with Crippen molar-refractivity contribution < 1.29 is 4.21 Å². The van der Waals surface area contributed by atoms with E-state index in [4.69, 9.17) is 4.21 Å². The van der Waals surface area contributed by atoms with E-state index < -0.39 is 16.8 Å². The Morgan fingerprint density at radius 2 is 1.57 bits per heavy atom. The summed E-state index contributed by atoms with van der Waals surface area (Å²) in [5.41, 5.74) is 0. The lowest BCUT2D eigenvalue weighted by Gasteiger charge is -2.22. The van der Waals surface area contributed by atoms with E-state index in [0.29, 0.717) is 12.1 Å². The Kier molecular flexibility index (Phi) is 3.29. The molecule has 0 aromatic rings. The summed E-state index contributed by atoms with van der Waals surface area (Å²) in [6, 6.07) is 1.37. The van der Waals surface area contributed by atoms with Crippen molar-refractivity contribution >= 4 is 16.8 Å². The van der Waals surface area contributed by atoms with Crippen LogP contribution < -0.4 is 10.2 Å². The average molecular weight is 232 g/mol. The predicted octanol–water partition coefficient (Wildman–Crippen LogP) is 2.57. The predicted molar refractivity (Wildman–Crippen MR) is 63.7 cm³/mol. The Bertz CT molecular complexity index is 195. The van der Waals surface area contributed by atoms with E-state index in [9.17, 15) is 0 Å².